The summed E-state index contributed by atoms with van der Waals surface area (Å²) in [4.78, 5) is 13.0. The van der Waals surface area contributed by atoms with Crippen molar-refractivity contribution in [3.8, 4) is 0 Å². The molecule has 3 nitrogen and oxygen atoms in total. The van der Waals surface area contributed by atoms with Crippen LogP contribution in [-0.4, -0.2) is 41.9 Å². The lowest BCUT2D eigenvalue weighted by atomic mass is 10.3. The van der Waals surface area contributed by atoms with E-state index in [2.05, 4.69) is 0 Å². The van der Waals surface area contributed by atoms with Gasteiger partial charge in [-0.2, -0.15) is 11.8 Å². The number of hydrogen-bond donors (Lipinski definition) is 1. The van der Waals surface area contributed by atoms with Crippen molar-refractivity contribution in [2.45, 2.75) is 12.5 Å². The first-order chi connectivity index (χ1) is 5.25. The van der Waals surface area contributed by atoms with Crippen molar-refractivity contribution < 1.29 is 4.79 Å². The zero-order valence-corrected chi connectivity index (χ0v) is 7.56. The molecule has 1 aliphatic heterocycles. The van der Waals surface area contributed by atoms with Gasteiger partial charge in [0, 0.05) is 31.5 Å². The van der Waals surface area contributed by atoms with E-state index in [9.17, 15) is 4.79 Å². The smallest absolute Gasteiger partial charge is 0.223 e. The number of hydrogen-bond acceptors (Lipinski definition) is 3. The minimum atomic E-state index is 0.227. The molecule has 1 rings (SSSR count). The molecule has 1 unspecified atom stereocenters. The Hall–Kier alpha value is -0.220. The molecule has 1 atom stereocenters. The van der Waals surface area contributed by atoms with Gasteiger partial charge in [0.05, 0.1) is 6.04 Å². The van der Waals surface area contributed by atoms with Gasteiger partial charge in [-0.1, -0.05) is 0 Å². The summed E-state index contributed by atoms with van der Waals surface area (Å²) >= 11 is 1.81. The predicted molar refractivity (Wildman–Crippen MR) is 47.6 cm³/mol. The fourth-order valence-electron chi connectivity index (χ4n) is 1.10. The third kappa shape index (κ3) is 2.10. The molecule has 0 saturated carbocycles. The summed E-state index contributed by atoms with van der Waals surface area (Å²) in [5.41, 5.74) is 5.52. The molecule has 1 fully saturated rings. The Bertz CT molecular complexity index is 151. The Labute approximate surface area is 71.3 Å². The molecular formula is C7H14N2OS. The summed E-state index contributed by atoms with van der Waals surface area (Å²) in [5, 5.41) is 0. The van der Waals surface area contributed by atoms with Crippen molar-refractivity contribution in [1.82, 2.24) is 4.90 Å². The van der Waals surface area contributed by atoms with Gasteiger partial charge < -0.3 is 10.6 Å². The van der Waals surface area contributed by atoms with Crippen LogP contribution in [-0.2, 0) is 4.79 Å². The number of rotatable bonds is 1. The molecule has 1 saturated heterocycles. The second-order valence-corrected chi connectivity index (χ2v) is 3.87. The van der Waals surface area contributed by atoms with E-state index in [-0.39, 0.29) is 11.9 Å². The monoisotopic (exact) mass is 174 g/mol. The van der Waals surface area contributed by atoms with E-state index >= 15 is 0 Å². The van der Waals surface area contributed by atoms with Crippen LogP contribution in [0.15, 0.2) is 0 Å². The van der Waals surface area contributed by atoms with Crippen LogP contribution in [0, 0.1) is 0 Å². The molecule has 1 amide bonds. The van der Waals surface area contributed by atoms with Crippen LogP contribution in [0.25, 0.3) is 0 Å². The average Bonchev–Trinajstić information content (AvgIpc) is 2.16. The Morgan fingerprint density at radius 3 is 3.18 bits per heavy atom. The first-order valence-electron chi connectivity index (χ1n) is 3.79. The van der Waals surface area contributed by atoms with Crippen LogP contribution < -0.4 is 5.73 Å². The summed E-state index contributed by atoms with van der Waals surface area (Å²) in [6.07, 6.45) is 0.664. The zero-order valence-electron chi connectivity index (χ0n) is 6.75. The first-order valence-corrected chi connectivity index (χ1v) is 4.94. The number of amides is 1. The molecule has 0 aliphatic carbocycles. The Kier molecular flexibility index (Phi) is 3.20. The quantitative estimate of drug-likeness (QED) is 0.604. The third-order valence-corrected chi connectivity index (χ3v) is 3.10. The minimum absolute atomic E-state index is 0.227. The number of nitrogens with two attached hydrogens (primary N) is 1. The minimum Gasteiger partial charge on any atom is -0.341 e. The maximum atomic E-state index is 11.2. The lowest BCUT2D eigenvalue weighted by molar-refractivity contribution is -0.130. The normalized spacial score (nSPS) is 26.9. The van der Waals surface area contributed by atoms with E-state index in [4.69, 9.17) is 5.73 Å². The highest BCUT2D eigenvalue weighted by atomic mass is 32.2. The summed E-state index contributed by atoms with van der Waals surface area (Å²) < 4.78 is 0. The summed E-state index contributed by atoms with van der Waals surface area (Å²) in [7, 11) is 1.84. The largest absolute Gasteiger partial charge is 0.341 e. The van der Waals surface area contributed by atoms with E-state index in [1.807, 2.05) is 18.8 Å². The van der Waals surface area contributed by atoms with Gasteiger partial charge in [0.15, 0.2) is 0 Å². The lowest BCUT2D eigenvalue weighted by Crippen LogP contribution is -2.42. The fraction of sp³-hybridized carbons (Fsp3) is 0.857. The molecular weight excluding hydrogens is 160 g/mol. The van der Waals surface area contributed by atoms with Gasteiger partial charge in [-0.3, -0.25) is 4.79 Å². The van der Waals surface area contributed by atoms with Crippen LogP contribution in [0.4, 0.5) is 0 Å². The average molecular weight is 174 g/mol. The van der Waals surface area contributed by atoms with E-state index in [1.54, 1.807) is 4.90 Å². The molecule has 0 aromatic heterocycles. The van der Waals surface area contributed by atoms with E-state index in [0.717, 1.165) is 11.5 Å². The fourth-order valence-corrected chi connectivity index (χ4v) is 2.21. The van der Waals surface area contributed by atoms with Crippen LogP contribution in [0.3, 0.4) is 0 Å². The number of nitrogens with zero attached hydrogens (tertiary/aromatic N) is 1. The van der Waals surface area contributed by atoms with Gasteiger partial charge in [0.25, 0.3) is 0 Å². The highest BCUT2D eigenvalue weighted by Gasteiger charge is 2.21. The molecule has 0 aromatic carbocycles. The Morgan fingerprint density at radius 1 is 1.82 bits per heavy atom. The van der Waals surface area contributed by atoms with Gasteiger partial charge in [-0.15, -0.1) is 0 Å². The van der Waals surface area contributed by atoms with Crippen LogP contribution in [0.2, 0.25) is 0 Å². The lowest BCUT2D eigenvalue weighted by Gasteiger charge is -2.23. The second-order valence-electron chi connectivity index (χ2n) is 2.72. The van der Waals surface area contributed by atoms with Gasteiger partial charge in [-0.25, -0.2) is 0 Å². The van der Waals surface area contributed by atoms with Crippen LogP contribution >= 0.6 is 11.8 Å². The van der Waals surface area contributed by atoms with Gasteiger partial charge in [-0.05, 0) is 0 Å². The molecule has 11 heavy (non-hydrogen) atoms. The molecule has 0 radical (unpaired) electrons. The number of carbonyl (C=O) groups excluding carboxylic acids is 1. The third-order valence-electron chi connectivity index (χ3n) is 1.98. The van der Waals surface area contributed by atoms with Crippen molar-refractivity contribution in [1.29, 1.82) is 0 Å². The van der Waals surface area contributed by atoms with Crippen molar-refractivity contribution in [3.63, 3.8) is 0 Å². The summed E-state index contributed by atoms with van der Waals surface area (Å²) in [5.74, 6) is 2.16. The Balaban J connectivity index is 2.56. The van der Waals surface area contributed by atoms with Crippen LogP contribution in [0.1, 0.15) is 6.42 Å². The van der Waals surface area contributed by atoms with Crippen molar-refractivity contribution in [2.24, 2.45) is 5.73 Å². The van der Waals surface area contributed by atoms with Gasteiger partial charge >= 0.3 is 0 Å². The molecule has 0 bridgehead atoms. The predicted octanol–water partition coefficient (Wildman–Crippen LogP) is -0.0910. The molecule has 1 aliphatic rings. The molecule has 4 heteroatoms. The molecule has 0 aromatic rings. The summed E-state index contributed by atoms with van der Waals surface area (Å²) in [6.45, 7) is 0.579. The molecule has 64 valence electrons. The number of likely N-dealkylation sites (N-methyl/N-ethyl adjacent to an activating group) is 1. The molecule has 1 heterocycles. The van der Waals surface area contributed by atoms with Crippen molar-refractivity contribution in [2.75, 3.05) is 25.1 Å². The van der Waals surface area contributed by atoms with Crippen molar-refractivity contribution >= 4 is 17.7 Å². The summed E-state index contributed by atoms with van der Waals surface area (Å²) in [6, 6.07) is 0.245. The SMILES string of the molecule is CN1C(=O)CCSCC1CN. The maximum Gasteiger partial charge on any atom is 0.223 e. The first kappa shape index (κ1) is 8.87. The maximum absolute atomic E-state index is 11.2. The van der Waals surface area contributed by atoms with Gasteiger partial charge in [0.1, 0.15) is 0 Å². The van der Waals surface area contributed by atoms with Crippen molar-refractivity contribution in [3.05, 3.63) is 0 Å². The van der Waals surface area contributed by atoms with E-state index in [0.29, 0.717) is 13.0 Å². The highest BCUT2D eigenvalue weighted by molar-refractivity contribution is 7.99. The topological polar surface area (TPSA) is 46.3 Å². The second kappa shape index (κ2) is 3.97. The van der Waals surface area contributed by atoms with E-state index in [1.165, 1.54) is 0 Å². The molecule has 0 spiro atoms. The highest BCUT2D eigenvalue weighted by Crippen LogP contribution is 2.14. The molecule has 2 N–H and O–H groups in total. The van der Waals surface area contributed by atoms with Crippen LogP contribution in [0.5, 0.6) is 0 Å². The van der Waals surface area contributed by atoms with Gasteiger partial charge in [0.2, 0.25) is 5.91 Å². The standard InChI is InChI=1S/C7H14N2OS/c1-9-6(4-8)5-11-3-2-7(9)10/h6H,2-5,8H2,1H3. The number of thioether (sulfide) groups is 1. The zero-order chi connectivity index (χ0) is 8.27. The number of carbonyl (C=O) groups is 1. The Morgan fingerprint density at radius 2 is 2.55 bits per heavy atom. The van der Waals surface area contributed by atoms with E-state index < -0.39 is 0 Å².